The van der Waals surface area contributed by atoms with Crippen LogP contribution in [-0.2, 0) is 7.05 Å². The van der Waals surface area contributed by atoms with Crippen LogP contribution in [0, 0.1) is 0 Å². The van der Waals surface area contributed by atoms with Crippen LogP contribution < -0.4 is 11.3 Å². The predicted molar refractivity (Wildman–Crippen MR) is 94.8 cm³/mol. The quantitative estimate of drug-likeness (QED) is 0.633. The lowest BCUT2D eigenvalue weighted by atomic mass is 9.97. The van der Waals surface area contributed by atoms with Crippen molar-refractivity contribution in [3.63, 3.8) is 0 Å². The Bertz CT molecular complexity index is 1020. The van der Waals surface area contributed by atoms with E-state index in [0.717, 1.165) is 0 Å². The topological polar surface area (TPSA) is 106 Å². The van der Waals surface area contributed by atoms with Gasteiger partial charge in [-0.15, -0.1) is 0 Å². The van der Waals surface area contributed by atoms with Crippen LogP contribution in [0.25, 0.3) is 10.9 Å². The fourth-order valence-corrected chi connectivity index (χ4v) is 2.94. The molecule has 4 N–H and O–H groups in total. The van der Waals surface area contributed by atoms with Crippen molar-refractivity contribution in [3.05, 3.63) is 70.0 Å². The zero-order chi connectivity index (χ0) is 18.1. The number of rotatable bonds is 4. The van der Waals surface area contributed by atoms with E-state index in [4.69, 9.17) is 5.73 Å². The number of Topliss-reactive ketones (excluding diaryl/α,β-unsaturated/α-hetero) is 1. The first-order valence-corrected chi connectivity index (χ1v) is 7.79. The molecule has 0 fully saturated rings. The molecular formula is C19H18N2O4. The number of carbonyl (C=O) groups is 1. The number of phenolic OH excluding ortho intramolecular Hbond substituents is 1. The molecule has 1 atom stereocenters. The van der Waals surface area contributed by atoms with Gasteiger partial charge in [0.2, 0.25) is 0 Å². The molecule has 1 unspecified atom stereocenters. The largest absolute Gasteiger partial charge is 0.508 e. The third-order valence-corrected chi connectivity index (χ3v) is 4.30. The van der Waals surface area contributed by atoms with Crippen LogP contribution in [0.2, 0.25) is 0 Å². The molecule has 0 bridgehead atoms. The molecule has 1 heterocycles. The first kappa shape index (κ1) is 16.7. The Hall–Kier alpha value is -3.12. The van der Waals surface area contributed by atoms with Gasteiger partial charge in [-0.25, -0.2) is 0 Å². The van der Waals surface area contributed by atoms with Crippen molar-refractivity contribution < 1.29 is 15.0 Å². The number of aromatic nitrogens is 1. The number of phenols is 1. The number of benzene rings is 2. The van der Waals surface area contributed by atoms with Gasteiger partial charge in [0, 0.05) is 30.5 Å². The minimum Gasteiger partial charge on any atom is -0.508 e. The van der Waals surface area contributed by atoms with E-state index < -0.39 is 17.4 Å². The number of fused-ring (bicyclic) bond motifs is 1. The number of nitrogens with two attached hydrogens (primary N) is 1. The van der Waals surface area contributed by atoms with Crippen molar-refractivity contribution in [3.8, 4) is 11.5 Å². The molecule has 0 aliphatic heterocycles. The van der Waals surface area contributed by atoms with Crippen LogP contribution in [0.5, 0.6) is 11.5 Å². The van der Waals surface area contributed by atoms with Gasteiger partial charge in [-0.3, -0.25) is 9.59 Å². The summed E-state index contributed by atoms with van der Waals surface area (Å²) < 4.78 is 1.33. The standard InChI is InChI=1S/C19H18N2O4/c1-21-14-8-4-2-7-12(14)18(24)17(19(21)25)16(23)10-13(20)11-6-3-5-9-15(11)22/h2-9,13,22,24H,10,20H2,1H3. The van der Waals surface area contributed by atoms with Crippen LogP contribution in [0.3, 0.4) is 0 Å². The molecular weight excluding hydrogens is 320 g/mol. The highest BCUT2D eigenvalue weighted by molar-refractivity contribution is 6.03. The Kier molecular flexibility index (Phi) is 4.29. The van der Waals surface area contributed by atoms with E-state index in [9.17, 15) is 19.8 Å². The van der Waals surface area contributed by atoms with Gasteiger partial charge in [0.05, 0.1) is 5.52 Å². The molecule has 3 aromatic rings. The molecule has 0 saturated heterocycles. The van der Waals surface area contributed by atoms with E-state index in [-0.39, 0.29) is 23.5 Å². The monoisotopic (exact) mass is 338 g/mol. The molecule has 0 amide bonds. The lowest BCUT2D eigenvalue weighted by Gasteiger charge is -2.15. The Morgan fingerprint density at radius 1 is 1.12 bits per heavy atom. The van der Waals surface area contributed by atoms with Crippen molar-refractivity contribution in [1.82, 2.24) is 4.57 Å². The highest BCUT2D eigenvalue weighted by Gasteiger charge is 2.23. The van der Waals surface area contributed by atoms with E-state index in [1.165, 1.54) is 10.6 Å². The molecule has 6 nitrogen and oxygen atoms in total. The molecule has 0 radical (unpaired) electrons. The number of ketones is 1. The highest BCUT2D eigenvalue weighted by atomic mass is 16.3. The molecule has 0 aliphatic carbocycles. The Labute approximate surface area is 143 Å². The fraction of sp³-hybridized carbons (Fsp3) is 0.158. The summed E-state index contributed by atoms with van der Waals surface area (Å²) in [6.07, 6.45) is -0.210. The zero-order valence-corrected chi connectivity index (χ0v) is 13.6. The van der Waals surface area contributed by atoms with Gasteiger partial charge in [-0.1, -0.05) is 30.3 Å². The minimum absolute atomic E-state index is 0.0153. The second-order valence-corrected chi connectivity index (χ2v) is 5.90. The lowest BCUT2D eigenvalue weighted by molar-refractivity contribution is 0.0970. The maximum absolute atomic E-state index is 12.6. The third-order valence-electron chi connectivity index (χ3n) is 4.30. The van der Waals surface area contributed by atoms with Gasteiger partial charge in [-0.2, -0.15) is 0 Å². The Balaban J connectivity index is 2.03. The number of nitrogens with zero attached hydrogens (tertiary/aromatic N) is 1. The van der Waals surface area contributed by atoms with Crippen LogP contribution in [-0.4, -0.2) is 20.6 Å². The van der Waals surface area contributed by atoms with Crippen molar-refractivity contribution in [2.75, 3.05) is 0 Å². The van der Waals surface area contributed by atoms with E-state index in [2.05, 4.69) is 0 Å². The highest BCUT2D eigenvalue weighted by Crippen LogP contribution is 2.29. The number of pyridine rings is 1. The number of hydrogen-bond donors (Lipinski definition) is 3. The number of para-hydroxylation sites is 2. The predicted octanol–water partition coefficient (Wildman–Crippen LogP) is 2.22. The third kappa shape index (κ3) is 2.88. The maximum atomic E-state index is 12.6. The zero-order valence-electron chi connectivity index (χ0n) is 13.6. The van der Waals surface area contributed by atoms with Crippen molar-refractivity contribution in [2.24, 2.45) is 12.8 Å². The van der Waals surface area contributed by atoms with Crippen LogP contribution >= 0.6 is 0 Å². The summed E-state index contributed by atoms with van der Waals surface area (Å²) in [5, 5.41) is 20.7. The van der Waals surface area contributed by atoms with Crippen molar-refractivity contribution in [2.45, 2.75) is 12.5 Å². The summed E-state index contributed by atoms with van der Waals surface area (Å²) in [6, 6.07) is 12.5. The van der Waals surface area contributed by atoms with Gasteiger partial charge < -0.3 is 20.5 Å². The van der Waals surface area contributed by atoms with Gasteiger partial charge in [0.15, 0.2) is 5.78 Å². The van der Waals surface area contributed by atoms with E-state index in [1.54, 1.807) is 49.5 Å². The van der Waals surface area contributed by atoms with Gasteiger partial charge in [-0.05, 0) is 18.2 Å². The minimum atomic E-state index is -0.788. The van der Waals surface area contributed by atoms with E-state index in [0.29, 0.717) is 16.5 Å². The normalized spacial score (nSPS) is 12.2. The first-order valence-electron chi connectivity index (χ1n) is 7.79. The number of hydrogen-bond acceptors (Lipinski definition) is 5. The molecule has 0 spiro atoms. The molecule has 3 rings (SSSR count). The van der Waals surface area contributed by atoms with Gasteiger partial charge in [0.25, 0.3) is 5.56 Å². The SMILES string of the molecule is Cn1c(=O)c(C(=O)CC(N)c2ccccc2O)c(O)c2ccccc21. The number of aromatic hydroxyl groups is 2. The summed E-state index contributed by atoms with van der Waals surface area (Å²) >= 11 is 0. The molecule has 2 aromatic carbocycles. The lowest BCUT2D eigenvalue weighted by Crippen LogP contribution is -2.27. The second-order valence-electron chi connectivity index (χ2n) is 5.90. The molecule has 25 heavy (non-hydrogen) atoms. The summed E-state index contributed by atoms with van der Waals surface area (Å²) in [6.45, 7) is 0. The van der Waals surface area contributed by atoms with Gasteiger partial charge >= 0.3 is 0 Å². The molecule has 128 valence electrons. The average molecular weight is 338 g/mol. The van der Waals surface area contributed by atoms with Crippen LogP contribution in [0.1, 0.15) is 28.4 Å². The Morgan fingerprint density at radius 3 is 2.48 bits per heavy atom. The maximum Gasteiger partial charge on any atom is 0.265 e. The summed E-state index contributed by atoms with van der Waals surface area (Å²) in [5.41, 5.74) is 6.09. The first-order chi connectivity index (χ1) is 11.9. The summed E-state index contributed by atoms with van der Waals surface area (Å²) in [4.78, 5) is 25.2. The smallest absolute Gasteiger partial charge is 0.265 e. The fourth-order valence-electron chi connectivity index (χ4n) is 2.94. The summed E-state index contributed by atoms with van der Waals surface area (Å²) in [7, 11) is 1.55. The van der Waals surface area contributed by atoms with E-state index in [1.807, 2.05) is 0 Å². The second kappa shape index (κ2) is 6.41. The number of carbonyl (C=O) groups excluding carboxylic acids is 1. The molecule has 0 saturated carbocycles. The van der Waals surface area contributed by atoms with Crippen molar-refractivity contribution >= 4 is 16.7 Å². The molecule has 1 aromatic heterocycles. The van der Waals surface area contributed by atoms with Crippen LogP contribution in [0.4, 0.5) is 0 Å². The van der Waals surface area contributed by atoms with Crippen LogP contribution in [0.15, 0.2) is 53.3 Å². The summed E-state index contributed by atoms with van der Waals surface area (Å²) in [5.74, 6) is -0.925. The molecule has 6 heteroatoms. The van der Waals surface area contributed by atoms with E-state index >= 15 is 0 Å². The molecule has 0 aliphatic rings. The average Bonchev–Trinajstić information content (AvgIpc) is 2.60. The number of aryl methyl sites for hydroxylation is 1. The van der Waals surface area contributed by atoms with Crippen molar-refractivity contribution in [1.29, 1.82) is 0 Å². The van der Waals surface area contributed by atoms with Gasteiger partial charge in [0.1, 0.15) is 17.1 Å². The Morgan fingerprint density at radius 2 is 1.76 bits per heavy atom.